The van der Waals surface area contributed by atoms with E-state index in [1.165, 1.54) is 16.6 Å². The van der Waals surface area contributed by atoms with Crippen molar-refractivity contribution < 1.29 is 9.53 Å². The van der Waals surface area contributed by atoms with Crippen LogP contribution in [0, 0.1) is 5.92 Å². The number of carbonyl (C=O) groups excluding carboxylic acids is 1. The number of carbonyl (C=O) groups is 1. The highest BCUT2D eigenvalue weighted by Gasteiger charge is 2.33. The Kier molecular flexibility index (Phi) is 5.75. The van der Waals surface area contributed by atoms with E-state index in [1.807, 2.05) is 30.3 Å². The van der Waals surface area contributed by atoms with Crippen molar-refractivity contribution in [2.75, 3.05) is 30.9 Å². The molecule has 1 aromatic carbocycles. The van der Waals surface area contributed by atoms with Gasteiger partial charge in [0, 0.05) is 19.6 Å². The molecule has 0 spiro atoms. The number of ether oxygens (including phenoxy) is 1. The lowest BCUT2D eigenvalue weighted by atomic mass is 9.84. The summed E-state index contributed by atoms with van der Waals surface area (Å²) in [7, 11) is 1.52. The summed E-state index contributed by atoms with van der Waals surface area (Å²) in [5, 5.41) is 0. The van der Waals surface area contributed by atoms with Gasteiger partial charge in [-0.25, -0.2) is 4.79 Å². The highest BCUT2D eigenvalue weighted by Crippen LogP contribution is 2.30. The molecule has 144 valence electrons. The number of nitrogen functional groups attached to an aromatic ring is 1. The van der Waals surface area contributed by atoms with Gasteiger partial charge in [0.1, 0.15) is 5.82 Å². The Bertz CT molecular complexity index is 916. The molecule has 3 N–H and O–H groups in total. The summed E-state index contributed by atoms with van der Waals surface area (Å²) < 4.78 is 6.37. The fraction of sp³-hybridized carbons (Fsp3) is 0.421. The molecule has 0 atom stereocenters. The van der Waals surface area contributed by atoms with Gasteiger partial charge in [-0.2, -0.15) is 0 Å². The Balaban J connectivity index is 2.03. The largest absolute Gasteiger partial charge is 0.383 e. The standard InChI is InChI=1S/C19H24N4O4/c1-27-11-10-22(18(25)14-8-5-9-14)15-16(20)23(19(26)21-17(15)24)12-13-6-3-2-4-7-13/h2-4,6-7,14H,5,8-12,20H2,1H3,(H,21,24,26). The van der Waals surface area contributed by atoms with Gasteiger partial charge in [-0.05, 0) is 18.4 Å². The Morgan fingerprint density at radius 1 is 1.30 bits per heavy atom. The van der Waals surface area contributed by atoms with Crippen LogP contribution < -0.4 is 21.9 Å². The van der Waals surface area contributed by atoms with Crippen LogP contribution in [0.3, 0.4) is 0 Å². The van der Waals surface area contributed by atoms with E-state index in [1.54, 1.807) is 0 Å². The fourth-order valence-corrected chi connectivity index (χ4v) is 3.15. The van der Waals surface area contributed by atoms with Crippen LogP contribution >= 0.6 is 0 Å². The maximum Gasteiger partial charge on any atom is 0.330 e. The number of anilines is 2. The first-order valence-corrected chi connectivity index (χ1v) is 8.99. The van der Waals surface area contributed by atoms with E-state index >= 15 is 0 Å². The molecule has 3 rings (SSSR count). The van der Waals surface area contributed by atoms with Crippen LogP contribution in [0.4, 0.5) is 11.5 Å². The molecular formula is C19H24N4O4. The molecule has 2 aromatic rings. The zero-order valence-corrected chi connectivity index (χ0v) is 15.3. The second kappa shape index (κ2) is 8.22. The molecular weight excluding hydrogens is 348 g/mol. The van der Waals surface area contributed by atoms with E-state index in [0.717, 1.165) is 24.8 Å². The number of nitrogens with two attached hydrogens (primary N) is 1. The predicted molar refractivity (Wildman–Crippen MR) is 103 cm³/mol. The van der Waals surface area contributed by atoms with Crippen molar-refractivity contribution in [3.8, 4) is 0 Å². The maximum atomic E-state index is 12.9. The number of hydrogen-bond acceptors (Lipinski definition) is 5. The fourth-order valence-electron chi connectivity index (χ4n) is 3.15. The van der Waals surface area contributed by atoms with Crippen LogP contribution in [0.15, 0.2) is 39.9 Å². The molecule has 1 aliphatic carbocycles. The smallest absolute Gasteiger partial charge is 0.330 e. The van der Waals surface area contributed by atoms with Gasteiger partial charge < -0.3 is 15.4 Å². The van der Waals surface area contributed by atoms with Crippen molar-refractivity contribution >= 4 is 17.4 Å². The number of methoxy groups -OCH3 is 1. The second-order valence-corrected chi connectivity index (χ2v) is 6.68. The number of aromatic nitrogens is 2. The molecule has 8 nitrogen and oxygen atoms in total. The van der Waals surface area contributed by atoms with Crippen molar-refractivity contribution in [1.29, 1.82) is 0 Å². The molecule has 0 saturated heterocycles. The minimum Gasteiger partial charge on any atom is -0.383 e. The lowest BCUT2D eigenvalue weighted by Crippen LogP contribution is -2.46. The molecule has 1 aromatic heterocycles. The molecule has 0 unspecified atom stereocenters. The lowest BCUT2D eigenvalue weighted by Gasteiger charge is -2.32. The van der Waals surface area contributed by atoms with Crippen LogP contribution in [0.2, 0.25) is 0 Å². The van der Waals surface area contributed by atoms with Gasteiger partial charge in [0.15, 0.2) is 5.69 Å². The van der Waals surface area contributed by atoms with E-state index in [4.69, 9.17) is 10.5 Å². The number of hydrogen-bond donors (Lipinski definition) is 2. The third-order valence-corrected chi connectivity index (χ3v) is 4.91. The van der Waals surface area contributed by atoms with Crippen molar-refractivity contribution in [1.82, 2.24) is 9.55 Å². The number of rotatable bonds is 7. The molecule has 1 fully saturated rings. The van der Waals surface area contributed by atoms with Crippen LogP contribution in [0.25, 0.3) is 0 Å². The third-order valence-electron chi connectivity index (χ3n) is 4.91. The zero-order valence-electron chi connectivity index (χ0n) is 15.3. The van der Waals surface area contributed by atoms with Crippen molar-refractivity contribution in [3.63, 3.8) is 0 Å². The van der Waals surface area contributed by atoms with E-state index in [-0.39, 0.29) is 43.0 Å². The summed E-state index contributed by atoms with van der Waals surface area (Å²) in [6, 6.07) is 9.30. The number of benzene rings is 1. The zero-order chi connectivity index (χ0) is 19.4. The number of nitrogens with zero attached hydrogens (tertiary/aromatic N) is 2. The molecule has 0 aliphatic heterocycles. The second-order valence-electron chi connectivity index (χ2n) is 6.68. The minimum absolute atomic E-state index is 0.0134. The summed E-state index contributed by atoms with van der Waals surface area (Å²) in [5.41, 5.74) is 5.82. The first-order chi connectivity index (χ1) is 13.0. The van der Waals surface area contributed by atoms with Gasteiger partial charge in [-0.3, -0.25) is 19.1 Å². The number of aromatic amines is 1. The maximum absolute atomic E-state index is 12.9. The van der Waals surface area contributed by atoms with E-state index < -0.39 is 11.2 Å². The molecule has 1 amide bonds. The lowest BCUT2D eigenvalue weighted by molar-refractivity contribution is -0.124. The molecule has 0 radical (unpaired) electrons. The highest BCUT2D eigenvalue weighted by molar-refractivity contribution is 5.97. The minimum atomic E-state index is -0.661. The van der Waals surface area contributed by atoms with Crippen LogP contribution in [0.5, 0.6) is 0 Å². The first kappa shape index (κ1) is 18.9. The van der Waals surface area contributed by atoms with Gasteiger partial charge >= 0.3 is 5.69 Å². The Morgan fingerprint density at radius 3 is 2.59 bits per heavy atom. The first-order valence-electron chi connectivity index (χ1n) is 8.99. The quantitative estimate of drug-likeness (QED) is 0.752. The van der Waals surface area contributed by atoms with E-state index in [0.29, 0.717) is 0 Å². The number of nitrogens with one attached hydrogen (secondary N) is 1. The van der Waals surface area contributed by atoms with E-state index in [9.17, 15) is 14.4 Å². The Hall–Kier alpha value is -2.87. The monoisotopic (exact) mass is 372 g/mol. The van der Waals surface area contributed by atoms with Gasteiger partial charge in [0.2, 0.25) is 5.91 Å². The summed E-state index contributed by atoms with van der Waals surface area (Å²) in [5.74, 6) is -0.285. The average Bonchev–Trinajstić information content (AvgIpc) is 2.60. The van der Waals surface area contributed by atoms with Crippen molar-refractivity contribution in [2.24, 2.45) is 5.92 Å². The van der Waals surface area contributed by atoms with Crippen molar-refractivity contribution in [2.45, 2.75) is 25.8 Å². The summed E-state index contributed by atoms with van der Waals surface area (Å²) in [6.45, 7) is 0.656. The van der Waals surface area contributed by atoms with Gasteiger partial charge in [-0.15, -0.1) is 0 Å². The molecule has 0 bridgehead atoms. The molecule has 27 heavy (non-hydrogen) atoms. The molecule has 1 aliphatic rings. The Labute approximate surface area is 156 Å². The molecule has 1 heterocycles. The third kappa shape index (κ3) is 3.95. The van der Waals surface area contributed by atoms with Gasteiger partial charge in [-0.1, -0.05) is 36.8 Å². The van der Waals surface area contributed by atoms with Crippen LogP contribution in [0.1, 0.15) is 24.8 Å². The van der Waals surface area contributed by atoms with E-state index in [2.05, 4.69) is 4.98 Å². The summed E-state index contributed by atoms with van der Waals surface area (Å²) in [4.78, 5) is 41.4. The summed E-state index contributed by atoms with van der Waals surface area (Å²) in [6.07, 6.45) is 2.58. The number of H-pyrrole nitrogens is 1. The van der Waals surface area contributed by atoms with Crippen LogP contribution in [-0.4, -0.2) is 35.7 Å². The molecule has 8 heteroatoms. The topological polar surface area (TPSA) is 110 Å². The Morgan fingerprint density at radius 2 is 2.00 bits per heavy atom. The highest BCUT2D eigenvalue weighted by atomic mass is 16.5. The SMILES string of the molecule is COCCN(C(=O)C1CCC1)c1c(N)n(Cc2ccccc2)c(=O)[nH]c1=O. The van der Waals surface area contributed by atoms with Gasteiger partial charge in [0.05, 0.1) is 13.2 Å². The number of amides is 1. The van der Waals surface area contributed by atoms with Crippen molar-refractivity contribution in [3.05, 3.63) is 56.7 Å². The normalized spacial score (nSPS) is 14.0. The van der Waals surface area contributed by atoms with Gasteiger partial charge in [0.25, 0.3) is 5.56 Å². The average molecular weight is 372 g/mol. The summed E-state index contributed by atoms with van der Waals surface area (Å²) >= 11 is 0. The van der Waals surface area contributed by atoms with Crippen LogP contribution in [-0.2, 0) is 16.1 Å². The molecule has 1 saturated carbocycles. The predicted octanol–water partition coefficient (Wildman–Crippen LogP) is 0.947.